The summed E-state index contributed by atoms with van der Waals surface area (Å²) in [4.78, 5) is 16.2. The Morgan fingerprint density at radius 2 is 1.38 bits per heavy atom. The number of benzene rings is 2. The lowest BCUT2D eigenvalue weighted by Crippen LogP contribution is -2.48. The minimum atomic E-state index is 0.00473. The second-order valence-corrected chi connectivity index (χ2v) is 8.96. The van der Waals surface area contributed by atoms with Crippen molar-refractivity contribution in [3.8, 4) is 0 Å². The summed E-state index contributed by atoms with van der Waals surface area (Å²) in [5, 5.41) is 0. The smallest absolute Gasteiger partial charge is 0.168 e. The van der Waals surface area contributed by atoms with E-state index in [9.17, 15) is 4.79 Å². The Bertz CT molecular complexity index is 938. The molecule has 0 aliphatic carbocycles. The second kappa shape index (κ2) is 7.76. The van der Waals surface area contributed by atoms with E-state index in [2.05, 4.69) is 49.4 Å². The summed E-state index contributed by atoms with van der Waals surface area (Å²) < 4.78 is 0. The van der Waals surface area contributed by atoms with E-state index in [0.29, 0.717) is 12.1 Å². The number of nitrogens with zero attached hydrogens (tertiary/aromatic N) is 1. The molecule has 2 heteroatoms. The van der Waals surface area contributed by atoms with Crippen molar-refractivity contribution in [2.24, 2.45) is 5.92 Å². The van der Waals surface area contributed by atoms with E-state index in [1.165, 1.54) is 17.5 Å². The monoisotopic (exact) mass is 385 g/mol. The predicted molar refractivity (Wildman–Crippen MR) is 122 cm³/mol. The SMILES string of the molecule is C=C(C)c1ccc(C(=O)[C@H]2[C@@H](c3ccc(C(=C)C)cc3)C[C@@H]3CC[C@H]2N3C)cc1. The maximum atomic E-state index is 13.7. The lowest BCUT2D eigenvalue weighted by molar-refractivity contribution is 0.0643. The Labute approximate surface area is 174 Å². The lowest BCUT2D eigenvalue weighted by atomic mass is 9.72. The molecule has 0 radical (unpaired) electrons. The van der Waals surface area contributed by atoms with Gasteiger partial charge in [-0.05, 0) is 62.8 Å². The average molecular weight is 386 g/mol. The number of ketones is 1. The first-order valence-electron chi connectivity index (χ1n) is 10.6. The molecule has 0 N–H and O–H groups in total. The fourth-order valence-electron chi connectivity index (χ4n) is 5.29. The predicted octanol–water partition coefficient (Wildman–Crippen LogP) is 6.20. The van der Waals surface area contributed by atoms with Crippen LogP contribution in [-0.2, 0) is 0 Å². The van der Waals surface area contributed by atoms with Crippen LogP contribution in [0, 0.1) is 5.92 Å². The first kappa shape index (κ1) is 19.8. The van der Waals surface area contributed by atoms with E-state index in [1.54, 1.807) is 0 Å². The van der Waals surface area contributed by atoms with Crippen LogP contribution in [0.4, 0.5) is 0 Å². The Kier molecular flexibility index (Phi) is 5.31. The first-order chi connectivity index (χ1) is 13.9. The Balaban J connectivity index is 1.69. The standard InChI is InChI=1S/C27H31NO/c1-17(2)19-6-10-21(11-7-19)24-16-23-14-15-25(28(23)5)26(24)27(29)22-12-8-20(9-13-22)18(3)4/h6-13,23-26H,1,3,14-16H2,2,4-5H3/t23-,24+,25+,26-/m0/s1. The Morgan fingerprint density at radius 3 is 1.93 bits per heavy atom. The van der Waals surface area contributed by atoms with Gasteiger partial charge >= 0.3 is 0 Å². The molecule has 2 heterocycles. The van der Waals surface area contributed by atoms with Gasteiger partial charge in [-0.3, -0.25) is 9.69 Å². The molecule has 4 atom stereocenters. The topological polar surface area (TPSA) is 20.3 Å². The van der Waals surface area contributed by atoms with Crippen molar-refractivity contribution in [2.75, 3.05) is 7.05 Å². The van der Waals surface area contributed by atoms with Gasteiger partial charge in [-0.25, -0.2) is 0 Å². The number of Topliss-reactive ketones (excluding diaryl/α,β-unsaturated/α-hetero) is 1. The maximum absolute atomic E-state index is 13.7. The van der Waals surface area contributed by atoms with Crippen LogP contribution < -0.4 is 0 Å². The molecule has 2 aromatic rings. The molecule has 2 bridgehead atoms. The van der Waals surface area contributed by atoms with Crippen molar-refractivity contribution in [3.05, 3.63) is 83.9 Å². The zero-order valence-electron chi connectivity index (χ0n) is 17.8. The van der Waals surface area contributed by atoms with Crippen molar-refractivity contribution >= 4 is 16.9 Å². The number of hydrogen-bond acceptors (Lipinski definition) is 2. The van der Waals surface area contributed by atoms with E-state index < -0.39 is 0 Å². The van der Waals surface area contributed by atoms with Gasteiger partial charge < -0.3 is 0 Å². The molecule has 0 saturated carbocycles. The van der Waals surface area contributed by atoms with Crippen LogP contribution in [0.15, 0.2) is 61.7 Å². The van der Waals surface area contributed by atoms with Gasteiger partial charge in [-0.2, -0.15) is 0 Å². The van der Waals surface area contributed by atoms with Gasteiger partial charge in [0.25, 0.3) is 0 Å². The van der Waals surface area contributed by atoms with Crippen LogP contribution in [0.3, 0.4) is 0 Å². The number of carbonyl (C=O) groups excluding carboxylic acids is 1. The summed E-state index contributed by atoms with van der Waals surface area (Å²) in [6, 6.07) is 17.7. The van der Waals surface area contributed by atoms with Crippen LogP contribution >= 0.6 is 0 Å². The fraction of sp³-hybridized carbons (Fsp3) is 0.370. The maximum Gasteiger partial charge on any atom is 0.168 e. The van der Waals surface area contributed by atoms with Crippen LogP contribution in [-0.4, -0.2) is 29.8 Å². The summed E-state index contributed by atoms with van der Waals surface area (Å²) in [5.74, 6) is 0.561. The van der Waals surface area contributed by atoms with Gasteiger partial charge in [0, 0.05) is 23.6 Å². The van der Waals surface area contributed by atoms with Crippen molar-refractivity contribution < 1.29 is 4.79 Å². The summed E-state index contributed by atoms with van der Waals surface area (Å²) in [7, 11) is 2.20. The molecule has 2 nitrogen and oxygen atoms in total. The van der Waals surface area contributed by atoms with E-state index in [-0.39, 0.29) is 17.6 Å². The number of allylic oxidation sites excluding steroid dienone is 2. The van der Waals surface area contributed by atoms with Gasteiger partial charge in [0.15, 0.2) is 5.78 Å². The number of carbonyl (C=O) groups is 1. The van der Waals surface area contributed by atoms with Crippen LogP contribution in [0.1, 0.15) is 66.1 Å². The second-order valence-electron chi connectivity index (χ2n) is 8.96. The summed E-state index contributed by atoms with van der Waals surface area (Å²) in [6.07, 6.45) is 3.36. The van der Waals surface area contributed by atoms with E-state index in [1.807, 2.05) is 38.1 Å². The lowest BCUT2D eigenvalue weighted by Gasteiger charge is -2.42. The molecule has 2 aliphatic heterocycles. The normalized spacial score (nSPS) is 26.3. The molecular weight excluding hydrogens is 354 g/mol. The van der Waals surface area contributed by atoms with Gasteiger partial charge in [0.2, 0.25) is 0 Å². The molecule has 4 rings (SSSR count). The largest absolute Gasteiger partial charge is 0.300 e. The molecular formula is C27H31NO. The highest BCUT2D eigenvalue weighted by Crippen LogP contribution is 2.47. The van der Waals surface area contributed by atoms with Crippen molar-refractivity contribution in [1.82, 2.24) is 4.90 Å². The van der Waals surface area contributed by atoms with E-state index >= 15 is 0 Å². The highest BCUT2D eigenvalue weighted by Gasteiger charge is 2.48. The van der Waals surface area contributed by atoms with E-state index in [4.69, 9.17) is 0 Å². The van der Waals surface area contributed by atoms with Crippen LogP contribution in [0.2, 0.25) is 0 Å². The van der Waals surface area contributed by atoms with Crippen molar-refractivity contribution in [2.45, 2.75) is 51.1 Å². The molecule has 2 aromatic carbocycles. The minimum absolute atomic E-state index is 0.00473. The summed E-state index contributed by atoms with van der Waals surface area (Å²) in [5.41, 5.74) is 6.47. The fourth-order valence-corrected chi connectivity index (χ4v) is 5.29. The van der Waals surface area contributed by atoms with Crippen molar-refractivity contribution in [3.63, 3.8) is 0 Å². The third-order valence-corrected chi connectivity index (χ3v) is 7.07. The molecule has 2 saturated heterocycles. The first-order valence-corrected chi connectivity index (χ1v) is 10.6. The quantitative estimate of drug-likeness (QED) is 0.571. The van der Waals surface area contributed by atoms with Crippen LogP contribution in [0.25, 0.3) is 11.1 Å². The molecule has 0 aromatic heterocycles. The van der Waals surface area contributed by atoms with Crippen LogP contribution in [0.5, 0.6) is 0 Å². The minimum Gasteiger partial charge on any atom is -0.300 e. The molecule has 0 spiro atoms. The van der Waals surface area contributed by atoms with Crippen molar-refractivity contribution in [1.29, 1.82) is 0 Å². The third-order valence-electron chi connectivity index (χ3n) is 7.07. The number of hydrogen-bond donors (Lipinski definition) is 0. The van der Waals surface area contributed by atoms with Gasteiger partial charge in [0.1, 0.15) is 0 Å². The van der Waals surface area contributed by atoms with E-state index in [0.717, 1.165) is 35.1 Å². The number of piperidine rings is 1. The molecule has 150 valence electrons. The molecule has 29 heavy (non-hydrogen) atoms. The van der Waals surface area contributed by atoms with Gasteiger partial charge in [0.05, 0.1) is 0 Å². The zero-order chi connectivity index (χ0) is 20.7. The highest BCUT2D eigenvalue weighted by molar-refractivity contribution is 5.99. The molecule has 0 amide bonds. The van der Waals surface area contributed by atoms with Gasteiger partial charge in [-0.15, -0.1) is 0 Å². The molecule has 2 fully saturated rings. The third kappa shape index (κ3) is 3.62. The Morgan fingerprint density at radius 1 is 0.862 bits per heavy atom. The summed E-state index contributed by atoms with van der Waals surface area (Å²) in [6.45, 7) is 12.1. The summed E-state index contributed by atoms with van der Waals surface area (Å²) >= 11 is 0. The molecule has 0 unspecified atom stereocenters. The molecule has 2 aliphatic rings. The Hall–Kier alpha value is -2.45. The average Bonchev–Trinajstić information content (AvgIpc) is 2.96. The zero-order valence-corrected chi connectivity index (χ0v) is 17.8. The van der Waals surface area contributed by atoms with Gasteiger partial charge in [-0.1, -0.05) is 72.8 Å². The highest BCUT2D eigenvalue weighted by atomic mass is 16.1. The number of rotatable bonds is 5. The number of fused-ring (bicyclic) bond motifs is 2.